The van der Waals surface area contributed by atoms with Crippen LogP contribution in [0.5, 0.6) is 0 Å². The summed E-state index contributed by atoms with van der Waals surface area (Å²) in [4.78, 5) is 0. The van der Waals surface area contributed by atoms with Gasteiger partial charge in [-0.25, -0.2) is 12.7 Å². The molecule has 0 aromatic heterocycles. The average Bonchev–Trinajstić information content (AvgIpc) is 3.24. The van der Waals surface area contributed by atoms with Gasteiger partial charge in [-0.3, -0.25) is 0 Å². The first-order chi connectivity index (χ1) is 10.0. The summed E-state index contributed by atoms with van der Waals surface area (Å²) in [6.07, 6.45) is 3.45. The molecule has 21 heavy (non-hydrogen) atoms. The van der Waals surface area contributed by atoms with E-state index in [0.29, 0.717) is 12.5 Å². The van der Waals surface area contributed by atoms with Gasteiger partial charge < -0.3 is 5.32 Å². The lowest BCUT2D eigenvalue weighted by Crippen LogP contribution is -2.30. The molecule has 0 spiro atoms. The molecule has 1 aromatic rings. The van der Waals surface area contributed by atoms with Crippen molar-refractivity contribution in [3.05, 3.63) is 35.4 Å². The Kier molecular flexibility index (Phi) is 5.79. The number of benzene rings is 1. The first kappa shape index (κ1) is 16.5. The van der Waals surface area contributed by atoms with E-state index in [2.05, 4.69) is 12.2 Å². The van der Waals surface area contributed by atoms with Crippen LogP contribution in [0.2, 0.25) is 0 Å². The van der Waals surface area contributed by atoms with E-state index in [1.54, 1.807) is 7.05 Å². The summed E-state index contributed by atoms with van der Waals surface area (Å²) in [5, 5.41) is 3.34. The lowest BCUT2D eigenvalue weighted by molar-refractivity contribution is 0.452. The van der Waals surface area contributed by atoms with Gasteiger partial charge in [0.2, 0.25) is 10.0 Å². The van der Waals surface area contributed by atoms with Crippen LogP contribution < -0.4 is 5.32 Å². The molecule has 1 N–H and O–H groups in total. The van der Waals surface area contributed by atoms with Gasteiger partial charge in [0.25, 0.3) is 0 Å². The zero-order chi connectivity index (χ0) is 15.3. The minimum absolute atomic E-state index is 0.0961. The average molecular weight is 310 g/mol. The van der Waals surface area contributed by atoms with Gasteiger partial charge in [0.1, 0.15) is 0 Å². The Balaban J connectivity index is 1.89. The topological polar surface area (TPSA) is 49.4 Å². The van der Waals surface area contributed by atoms with Gasteiger partial charge in [-0.1, -0.05) is 31.2 Å². The van der Waals surface area contributed by atoms with Crippen molar-refractivity contribution in [2.45, 2.75) is 38.5 Å². The highest BCUT2D eigenvalue weighted by atomic mass is 32.2. The number of nitrogens with one attached hydrogen (secondary N) is 1. The fraction of sp³-hybridized carbons (Fsp3) is 0.625. The molecule has 1 fully saturated rings. The molecule has 1 aliphatic carbocycles. The molecule has 4 nitrogen and oxygen atoms in total. The van der Waals surface area contributed by atoms with E-state index >= 15 is 0 Å². The molecule has 0 unspecified atom stereocenters. The second kappa shape index (κ2) is 7.38. The van der Waals surface area contributed by atoms with Crippen LogP contribution in [0.25, 0.3) is 0 Å². The molecular formula is C16H26N2O2S. The standard InChI is InChI=1S/C16H26N2O2S/c1-3-10-17-11-14-4-8-16(9-5-14)13-21(19,20)18(2)12-15-6-7-15/h4-5,8-9,15,17H,3,6-7,10-13H2,1-2H3. The van der Waals surface area contributed by atoms with Crippen LogP contribution in [-0.4, -0.2) is 32.9 Å². The molecule has 5 heteroatoms. The number of rotatable bonds is 9. The van der Waals surface area contributed by atoms with Crippen molar-refractivity contribution in [2.75, 3.05) is 20.1 Å². The maximum absolute atomic E-state index is 12.3. The Morgan fingerprint density at radius 3 is 2.38 bits per heavy atom. The van der Waals surface area contributed by atoms with Crippen LogP contribution in [0.3, 0.4) is 0 Å². The molecule has 1 aliphatic rings. The molecule has 118 valence electrons. The smallest absolute Gasteiger partial charge is 0.218 e. The van der Waals surface area contributed by atoms with Crippen LogP contribution in [0.1, 0.15) is 37.3 Å². The number of sulfonamides is 1. The van der Waals surface area contributed by atoms with Gasteiger partial charge >= 0.3 is 0 Å². The minimum atomic E-state index is -3.18. The molecule has 0 bridgehead atoms. The SMILES string of the molecule is CCCNCc1ccc(CS(=O)(=O)N(C)CC2CC2)cc1. The highest BCUT2D eigenvalue weighted by Gasteiger charge is 2.28. The Morgan fingerprint density at radius 1 is 1.19 bits per heavy atom. The van der Waals surface area contributed by atoms with Crippen molar-refractivity contribution in [3.63, 3.8) is 0 Å². The van der Waals surface area contributed by atoms with Crippen molar-refractivity contribution < 1.29 is 8.42 Å². The molecule has 0 aliphatic heterocycles. The number of hydrogen-bond acceptors (Lipinski definition) is 3. The third-order valence-corrected chi connectivity index (χ3v) is 5.61. The molecule has 1 aromatic carbocycles. The summed E-state index contributed by atoms with van der Waals surface area (Å²) in [7, 11) is -1.49. The van der Waals surface area contributed by atoms with Crippen molar-refractivity contribution in [1.29, 1.82) is 0 Å². The fourth-order valence-corrected chi connectivity index (χ4v) is 3.53. The summed E-state index contributed by atoms with van der Waals surface area (Å²) in [5.41, 5.74) is 2.05. The third kappa shape index (κ3) is 5.41. The Bertz CT molecular complexity index is 536. The van der Waals surface area contributed by atoms with E-state index in [1.807, 2.05) is 24.3 Å². The van der Waals surface area contributed by atoms with E-state index in [-0.39, 0.29) is 5.75 Å². The van der Waals surface area contributed by atoms with Gasteiger partial charge in [0.15, 0.2) is 0 Å². The summed E-state index contributed by atoms with van der Waals surface area (Å²) < 4.78 is 26.1. The molecule has 0 radical (unpaired) electrons. The normalized spacial score (nSPS) is 15.6. The van der Waals surface area contributed by atoms with Crippen LogP contribution in [0.4, 0.5) is 0 Å². The van der Waals surface area contributed by atoms with Gasteiger partial charge in [-0.15, -0.1) is 0 Å². The fourth-order valence-electron chi connectivity index (χ4n) is 2.26. The molecule has 2 rings (SSSR count). The van der Waals surface area contributed by atoms with Crippen molar-refractivity contribution >= 4 is 10.0 Å². The van der Waals surface area contributed by atoms with E-state index in [4.69, 9.17) is 0 Å². The molecular weight excluding hydrogens is 284 g/mol. The van der Waals surface area contributed by atoms with Crippen molar-refractivity contribution in [1.82, 2.24) is 9.62 Å². The Hall–Kier alpha value is -0.910. The zero-order valence-electron chi connectivity index (χ0n) is 13.0. The number of nitrogens with zero attached hydrogens (tertiary/aromatic N) is 1. The van der Waals surface area contributed by atoms with Crippen LogP contribution >= 0.6 is 0 Å². The first-order valence-electron chi connectivity index (χ1n) is 7.74. The second-order valence-corrected chi connectivity index (χ2v) is 8.05. The maximum Gasteiger partial charge on any atom is 0.218 e. The predicted molar refractivity (Wildman–Crippen MR) is 86.4 cm³/mol. The van der Waals surface area contributed by atoms with Gasteiger partial charge in [0.05, 0.1) is 5.75 Å². The summed E-state index contributed by atoms with van der Waals surface area (Å²) in [6.45, 7) is 4.64. The van der Waals surface area contributed by atoms with E-state index in [0.717, 1.165) is 25.1 Å². The third-order valence-electron chi connectivity index (χ3n) is 3.82. The minimum Gasteiger partial charge on any atom is -0.313 e. The highest BCUT2D eigenvalue weighted by molar-refractivity contribution is 7.88. The summed E-state index contributed by atoms with van der Waals surface area (Å²) in [5.74, 6) is 0.676. The van der Waals surface area contributed by atoms with E-state index in [9.17, 15) is 8.42 Å². The Morgan fingerprint density at radius 2 is 1.81 bits per heavy atom. The van der Waals surface area contributed by atoms with Crippen LogP contribution in [0.15, 0.2) is 24.3 Å². The Labute approximate surface area is 128 Å². The molecule has 0 heterocycles. The van der Waals surface area contributed by atoms with E-state index < -0.39 is 10.0 Å². The quantitative estimate of drug-likeness (QED) is 0.712. The van der Waals surface area contributed by atoms with Gasteiger partial charge in [-0.05, 0) is 42.9 Å². The lowest BCUT2D eigenvalue weighted by Gasteiger charge is -2.17. The highest BCUT2D eigenvalue weighted by Crippen LogP contribution is 2.30. The van der Waals surface area contributed by atoms with E-state index in [1.165, 1.54) is 22.7 Å². The predicted octanol–water partition coefficient (Wildman–Crippen LogP) is 2.36. The van der Waals surface area contributed by atoms with Crippen LogP contribution in [-0.2, 0) is 22.3 Å². The summed E-state index contributed by atoms with van der Waals surface area (Å²) >= 11 is 0. The number of hydrogen-bond donors (Lipinski definition) is 1. The van der Waals surface area contributed by atoms with Gasteiger partial charge in [0, 0.05) is 20.1 Å². The first-order valence-corrected chi connectivity index (χ1v) is 9.34. The van der Waals surface area contributed by atoms with Crippen LogP contribution in [0, 0.1) is 5.92 Å². The molecule has 1 saturated carbocycles. The monoisotopic (exact) mass is 310 g/mol. The van der Waals surface area contributed by atoms with Crippen molar-refractivity contribution in [3.8, 4) is 0 Å². The molecule has 0 amide bonds. The zero-order valence-corrected chi connectivity index (χ0v) is 13.8. The summed E-state index contributed by atoms with van der Waals surface area (Å²) in [6, 6.07) is 7.86. The van der Waals surface area contributed by atoms with Gasteiger partial charge in [-0.2, -0.15) is 0 Å². The van der Waals surface area contributed by atoms with Crippen molar-refractivity contribution in [2.24, 2.45) is 5.92 Å². The maximum atomic E-state index is 12.3. The second-order valence-electron chi connectivity index (χ2n) is 5.97. The lowest BCUT2D eigenvalue weighted by atomic mass is 10.1. The molecule has 0 saturated heterocycles. The largest absolute Gasteiger partial charge is 0.313 e. The molecule has 0 atom stereocenters.